The molecule has 2 aromatic carbocycles. The van der Waals surface area contributed by atoms with Gasteiger partial charge in [0, 0.05) is 94.2 Å². The predicted octanol–water partition coefficient (Wildman–Crippen LogP) is 3.43. The summed E-state index contributed by atoms with van der Waals surface area (Å²) in [5.74, 6) is 0.456. The van der Waals surface area contributed by atoms with Crippen molar-refractivity contribution in [3.05, 3.63) is 75.2 Å². The van der Waals surface area contributed by atoms with E-state index in [4.69, 9.17) is 21.3 Å². The summed E-state index contributed by atoms with van der Waals surface area (Å²) in [5.41, 5.74) is 3.70. The number of aryl methyl sites for hydroxylation is 1. The van der Waals surface area contributed by atoms with Gasteiger partial charge in [-0.3, -0.25) is 34.2 Å². The highest BCUT2D eigenvalue weighted by Gasteiger charge is 2.41. The second kappa shape index (κ2) is 16.1. The number of nitrogens with zero attached hydrogens (tertiary/aromatic N) is 7. The SMILES string of the molecule is CNC(=O)COc1cc2cc(Nc3nc(N4CCN(C(C)(C)C5CCN(c6ccc7c(c6)CN(C6CCC(=O)NC6=O)C7=O)CC5)CC4)ncc3Cl)ccc2n(C)c1=O. The highest BCUT2D eigenvalue weighted by molar-refractivity contribution is 6.33. The topological polar surface area (TPSA) is 174 Å². The van der Waals surface area contributed by atoms with Crippen molar-refractivity contribution in [3.63, 3.8) is 0 Å². The Hall–Kier alpha value is -5.74. The fraction of sp³-hybridized carbons (Fsp3) is 0.452. The van der Waals surface area contributed by atoms with E-state index in [9.17, 15) is 24.0 Å². The number of carbonyl (C=O) groups excluding carboxylic acids is 4. The lowest BCUT2D eigenvalue weighted by Crippen LogP contribution is -2.59. The summed E-state index contributed by atoms with van der Waals surface area (Å²) >= 11 is 6.59. The first kappa shape index (κ1) is 40.1. The number of hydrogen-bond acceptors (Lipinski definition) is 12. The Morgan fingerprint density at radius 3 is 2.46 bits per heavy atom. The number of fused-ring (bicyclic) bond motifs is 2. The zero-order valence-corrected chi connectivity index (χ0v) is 34.5. The van der Waals surface area contributed by atoms with Crippen molar-refractivity contribution in [2.75, 3.05) is 68.0 Å². The molecule has 3 saturated heterocycles. The lowest BCUT2D eigenvalue weighted by atomic mass is 9.78. The van der Waals surface area contributed by atoms with Gasteiger partial charge in [0.1, 0.15) is 11.1 Å². The van der Waals surface area contributed by atoms with Crippen LogP contribution in [-0.4, -0.2) is 112 Å². The monoisotopic (exact) mass is 824 g/mol. The molecule has 0 spiro atoms. The quantitative estimate of drug-likeness (QED) is 0.199. The Morgan fingerprint density at radius 1 is 0.966 bits per heavy atom. The largest absolute Gasteiger partial charge is 0.478 e. The number of benzene rings is 2. The van der Waals surface area contributed by atoms with Crippen LogP contribution in [0.5, 0.6) is 5.75 Å². The molecule has 0 saturated carbocycles. The normalized spacial score (nSPS) is 19.2. The van der Waals surface area contributed by atoms with Gasteiger partial charge in [0.15, 0.2) is 18.2 Å². The molecule has 0 radical (unpaired) electrons. The van der Waals surface area contributed by atoms with Crippen LogP contribution in [0, 0.1) is 5.92 Å². The van der Waals surface area contributed by atoms with Crippen LogP contribution in [0.4, 0.5) is 23.1 Å². The lowest BCUT2D eigenvalue weighted by Gasteiger charge is -2.50. The second-order valence-electron chi connectivity index (χ2n) is 16.2. The molecule has 16 nitrogen and oxygen atoms in total. The van der Waals surface area contributed by atoms with E-state index in [1.807, 2.05) is 30.3 Å². The third kappa shape index (κ3) is 7.90. The number of rotatable bonds is 10. The first-order valence-corrected chi connectivity index (χ1v) is 20.5. The highest BCUT2D eigenvalue weighted by Crippen LogP contribution is 2.37. The summed E-state index contributed by atoms with van der Waals surface area (Å²) in [6.07, 6.45) is 4.28. The smallest absolute Gasteiger partial charge is 0.293 e. The van der Waals surface area contributed by atoms with Crippen molar-refractivity contribution in [2.45, 2.75) is 57.7 Å². The van der Waals surface area contributed by atoms with Crippen LogP contribution in [0.25, 0.3) is 10.9 Å². The van der Waals surface area contributed by atoms with Gasteiger partial charge < -0.3 is 34.6 Å². The van der Waals surface area contributed by atoms with Crippen molar-refractivity contribution in [3.8, 4) is 5.75 Å². The Balaban J connectivity index is 0.867. The predicted molar refractivity (Wildman–Crippen MR) is 224 cm³/mol. The van der Waals surface area contributed by atoms with E-state index in [0.717, 1.165) is 68.7 Å². The van der Waals surface area contributed by atoms with Crippen molar-refractivity contribution in [1.29, 1.82) is 0 Å². The van der Waals surface area contributed by atoms with Crippen LogP contribution in [0.2, 0.25) is 5.02 Å². The summed E-state index contributed by atoms with van der Waals surface area (Å²) in [5, 5.41) is 9.29. The molecule has 6 heterocycles. The average Bonchev–Trinajstić information content (AvgIpc) is 3.57. The Labute approximate surface area is 346 Å². The molecule has 1 unspecified atom stereocenters. The van der Waals surface area contributed by atoms with Gasteiger partial charge in [0.2, 0.25) is 17.8 Å². The van der Waals surface area contributed by atoms with Gasteiger partial charge >= 0.3 is 0 Å². The number of halogens is 1. The van der Waals surface area contributed by atoms with Gasteiger partial charge in [-0.05, 0) is 87.1 Å². The minimum atomic E-state index is -0.619. The molecule has 310 valence electrons. The number of piperidine rings is 2. The number of imide groups is 1. The van der Waals surface area contributed by atoms with Crippen LogP contribution in [0.3, 0.4) is 0 Å². The molecule has 8 rings (SSSR count). The molecule has 3 fully saturated rings. The van der Waals surface area contributed by atoms with E-state index in [1.54, 1.807) is 24.2 Å². The third-order valence-electron chi connectivity index (χ3n) is 12.6. The molecule has 2 aromatic heterocycles. The fourth-order valence-electron chi connectivity index (χ4n) is 8.93. The van der Waals surface area contributed by atoms with E-state index in [2.05, 4.69) is 55.5 Å². The van der Waals surface area contributed by atoms with Gasteiger partial charge in [-0.15, -0.1) is 0 Å². The van der Waals surface area contributed by atoms with Gasteiger partial charge in [0.05, 0.1) is 11.7 Å². The van der Waals surface area contributed by atoms with Crippen molar-refractivity contribution in [2.24, 2.45) is 13.0 Å². The van der Waals surface area contributed by atoms with Gasteiger partial charge in [-0.1, -0.05) is 11.6 Å². The van der Waals surface area contributed by atoms with Crippen LogP contribution < -0.4 is 36.0 Å². The Morgan fingerprint density at radius 2 is 1.73 bits per heavy atom. The van der Waals surface area contributed by atoms with E-state index in [1.165, 1.54) is 11.6 Å². The summed E-state index contributed by atoms with van der Waals surface area (Å²) in [7, 11) is 3.17. The Bertz CT molecular complexity index is 2390. The zero-order chi connectivity index (χ0) is 41.6. The number of carbonyl (C=O) groups is 4. The summed E-state index contributed by atoms with van der Waals surface area (Å²) in [6, 6.07) is 12.6. The van der Waals surface area contributed by atoms with Crippen molar-refractivity contribution < 1.29 is 23.9 Å². The van der Waals surface area contributed by atoms with Crippen molar-refractivity contribution in [1.82, 2.24) is 35.0 Å². The molecule has 59 heavy (non-hydrogen) atoms. The highest BCUT2D eigenvalue weighted by atomic mass is 35.5. The molecule has 17 heteroatoms. The fourth-order valence-corrected chi connectivity index (χ4v) is 9.07. The molecular formula is C42H49ClN10O6. The van der Waals surface area contributed by atoms with Crippen LogP contribution in [0.15, 0.2) is 53.5 Å². The molecule has 0 aliphatic carbocycles. The lowest BCUT2D eigenvalue weighted by molar-refractivity contribution is -0.137. The first-order valence-electron chi connectivity index (χ1n) is 20.1. The van der Waals surface area contributed by atoms with Gasteiger partial charge in [-0.2, -0.15) is 4.98 Å². The van der Waals surface area contributed by atoms with E-state index < -0.39 is 11.9 Å². The minimum absolute atomic E-state index is 0.0224. The molecule has 4 aliphatic rings. The number of hydrogen-bond donors (Lipinski definition) is 3. The molecule has 4 amide bonds. The number of aromatic nitrogens is 3. The average molecular weight is 825 g/mol. The number of amides is 4. The number of anilines is 4. The summed E-state index contributed by atoms with van der Waals surface area (Å²) in [4.78, 5) is 80.1. The zero-order valence-electron chi connectivity index (χ0n) is 33.7. The molecular weight excluding hydrogens is 776 g/mol. The van der Waals surface area contributed by atoms with Crippen LogP contribution >= 0.6 is 11.6 Å². The first-order chi connectivity index (χ1) is 28.3. The number of likely N-dealkylation sites (N-methyl/N-ethyl adjacent to an activating group) is 1. The standard InChI is InChI=1S/C42H49ClN10O6/c1-42(2,27-11-13-50(14-12-27)29-6-7-30-26(20-29)23-53(39(30)57)33-9-10-35(54)47-38(33)56)52-17-15-51(16-18-52)41-45-22-31(43)37(48-41)46-28-5-8-32-25(19-28)21-34(40(58)49(32)4)59-24-36(55)44-3/h5-8,19-22,27,33H,9-18,23-24H2,1-4H3,(H,44,55)(H,45,46,48)(H,47,54,56). The number of ether oxygens (including phenoxy) is 1. The van der Waals surface area contributed by atoms with Gasteiger partial charge in [-0.25, -0.2) is 4.98 Å². The van der Waals surface area contributed by atoms with Crippen molar-refractivity contribution >= 4 is 69.3 Å². The molecule has 4 aromatic rings. The van der Waals surface area contributed by atoms with Gasteiger partial charge in [0.25, 0.3) is 17.4 Å². The molecule has 1 atom stereocenters. The third-order valence-corrected chi connectivity index (χ3v) is 12.8. The van der Waals surface area contributed by atoms with Crippen LogP contribution in [-0.2, 0) is 28.0 Å². The maximum Gasteiger partial charge on any atom is 0.293 e. The van der Waals surface area contributed by atoms with E-state index in [0.29, 0.717) is 52.4 Å². The molecule has 4 aliphatic heterocycles. The van der Waals surface area contributed by atoms with Crippen LogP contribution in [0.1, 0.15) is 55.5 Å². The number of pyridine rings is 1. The maximum atomic E-state index is 13.2. The van der Waals surface area contributed by atoms with E-state index in [-0.39, 0.29) is 47.6 Å². The molecule has 3 N–H and O–H groups in total. The number of nitrogens with one attached hydrogen (secondary N) is 3. The summed E-state index contributed by atoms with van der Waals surface area (Å²) < 4.78 is 7.00. The maximum absolute atomic E-state index is 13.2. The summed E-state index contributed by atoms with van der Waals surface area (Å²) in [6.45, 7) is 9.88. The Kier molecular flexibility index (Phi) is 11.0. The second-order valence-corrected chi connectivity index (χ2v) is 16.6. The van der Waals surface area contributed by atoms with E-state index >= 15 is 0 Å². The number of piperazine rings is 1. The minimum Gasteiger partial charge on any atom is -0.478 e. The molecule has 0 bridgehead atoms.